The van der Waals surface area contributed by atoms with Crippen LogP contribution in [0.15, 0.2) is 53.3 Å². The van der Waals surface area contributed by atoms with Crippen molar-refractivity contribution >= 4 is 28.1 Å². The van der Waals surface area contributed by atoms with Crippen LogP contribution in [0.25, 0.3) is 22.4 Å². The summed E-state index contributed by atoms with van der Waals surface area (Å²) in [6.07, 6.45) is 1.61. The highest BCUT2D eigenvalue weighted by Gasteiger charge is 2.12. The number of hydrogen-bond acceptors (Lipinski definition) is 6. The summed E-state index contributed by atoms with van der Waals surface area (Å²) in [5.41, 5.74) is 2.21. The molecule has 26 heavy (non-hydrogen) atoms. The molecule has 0 amide bonds. The Labute approximate surface area is 151 Å². The van der Waals surface area contributed by atoms with Crippen molar-refractivity contribution in [1.29, 1.82) is 0 Å². The summed E-state index contributed by atoms with van der Waals surface area (Å²) in [6, 6.07) is 13.9. The predicted molar refractivity (Wildman–Crippen MR) is 99.2 cm³/mol. The zero-order valence-electron chi connectivity index (χ0n) is 13.6. The van der Waals surface area contributed by atoms with E-state index in [4.69, 9.17) is 0 Å². The molecule has 0 aliphatic rings. The Morgan fingerprint density at radius 1 is 1.19 bits per heavy atom. The minimum Gasteiger partial charge on any atom is -0.266 e. The third-order valence-electron chi connectivity index (χ3n) is 3.84. The molecule has 128 valence electrons. The van der Waals surface area contributed by atoms with E-state index >= 15 is 0 Å². The number of thiazole rings is 1. The highest BCUT2D eigenvalue weighted by atomic mass is 32.1. The summed E-state index contributed by atoms with van der Waals surface area (Å²) in [7, 11) is 0. The van der Waals surface area contributed by atoms with Crippen molar-refractivity contribution < 1.29 is 4.92 Å². The van der Waals surface area contributed by atoms with Gasteiger partial charge in [-0.3, -0.25) is 14.9 Å². The Morgan fingerprint density at radius 3 is 2.73 bits per heavy atom. The van der Waals surface area contributed by atoms with Gasteiger partial charge in [-0.1, -0.05) is 47.2 Å². The van der Waals surface area contributed by atoms with Crippen LogP contribution in [0.4, 0.5) is 5.69 Å². The van der Waals surface area contributed by atoms with Crippen LogP contribution >= 0.6 is 11.3 Å². The van der Waals surface area contributed by atoms with E-state index in [1.165, 1.54) is 28.0 Å². The van der Waals surface area contributed by atoms with Crippen LogP contribution in [0.2, 0.25) is 0 Å². The normalized spacial score (nSPS) is 12.0. The maximum absolute atomic E-state index is 12.6. The molecule has 0 atom stereocenters. The van der Waals surface area contributed by atoms with Gasteiger partial charge in [0.2, 0.25) is 4.96 Å². The quantitative estimate of drug-likeness (QED) is 0.412. The van der Waals surface area contributed by atoms with Gasteiger partial charge in [0.1, 0.15) is 0 Å². The Hall–Kier alpha value is -3.39. The Morgan fingerprint density at radius 2 is 2.00 bits per heavy atom. The number of nitro benzene ring substituents is 1. The number of aromatic nitrogens is 3. The Balaban J connectivity index is 1.80. The van der Waals surface area contributed by atoms with E-state index in [2.05, 4.69) is 10.1 Å². The second kappa shape index (κ2) is 6.16. The van der Waals surface area contributed by atoms with Gasteiger partial charge in [0.15, 0.2) is 5.82 Å². The molecule has 0 N–H and O–H groups in total. The summed E-state index contributed by atoms with van der Waals surface area (Å²) in [4.78, 5) is 27.9. The molecule has 4 aromatic rings. The first-order valence-electron chi connectivity index (χ1n) is 7.74. The summed E-state index contributed by atoms with van der Waals surface area (Å²) < 4.78 is 1.70. The average molecular weight is 364 g/mol. The lowest BCUT2D eigenvalue weighted by molar-refractivity contribution is -0.384. The van der Waals surface area contributed by atoms with Gasteiger partial charge >= 0.3 is 0 Å². The lowest BCUT2D eigenvalue weighted by Crippen LogP contribution is -2.23. The molecule has 0 saturated heterocycles. The van der Waals surface area contributed by atoms with Crippen LogP contribution < -0.4 is 10.1 Å². The van der Waals surface area contributed by atoms with Crippen LogP contribution in [-0.2, 0) is 0 Å². The molecule has 0 radical (unpaired) electrons. The zero-order chi connectivity index (χ0) is 18.3. The summed E-state index contributed by atoms with van der Waals surface area (Å²) >= 11 is 1.20. The standard InChI is InChI=1S/C18H12N4O3S/c1-11-4-2-6-13(8-11)16-19-18-21(20-16)17(23)15(26-18)10-12-5-3-7-14(9-12)22(24)25/h2-10H,1H3/b15-10-. The third kappa shape index (κ3) is 2.86. The fourth-order valence-corrected chi connectivity index (χ4v) is 3.53. The van der Waals surface area contributed by atoms with Crippen LogP contribution in [0, 0.1) is 17.0 Å². The Bertz CT molecular complexity index is 1260. The molecule has 2 aromatic carbocycles. The van der Waals surface area contributed by atoms with Gasteiger partial charge in [0.25, 0.3) is 11.2 Å². The fourth-order valence-electron chi connectivity index (χ4n) is 2.62. The molecular weight excluding hydrogens is 352 g/mol. The van der Waals surface area contributed by atoms with Crippen molar-refractivity contribution in [2.24, 2.45) is 0 Å². The molecule has 0 saturated carbocycles. The lowest BCUT2D eigenvalue weighted by atomic mass is 10.1. The van der Waals surface area contributed by atoms with E-state index in [1.54, 1.807) is 18.2 Å². The number of non-ortho nitro benzene ring substituents is 1. The van der Waals surface area contributed by atoms with Gasteiger partial charge in [0, 0.05) is 17.7 Å². The maximum Gasteiger partial charge on any atom is 0.291 e. The minimum atomic E-state index is -0.466. The molecule has 0 aliphatic heterocycles. The molecule has 2 aromatic heterocycles. The molecule has 8 heteroatoms. The monoisotopic (exact) mass is 364 g/mol. The highest BCUT2D eigenvalue weighted by Crippen LogP contribution is 2.18. The van der Waals surface area contributed by atoms with Crippen LogP contribution in [0.3, 0.4) is 0 Å². The summed E-state index contributed by atoms with van der Waals surface area (Å²) in [6.45, 7) is 1.98. The van der Waals surface area contributed by atoms with Crippen LogP contribution in [0.1, 0.15) is 11.1 Å². The first-order chi connectivity index (χ1) is 12.5. The van der Waals surface area contributed by atoms with E-state index in [9.17, 15) is 14.9 Å². The van der Waals surface area contributed by atoms with Gasteiger partial charge in [-0.2, -0.15) is 9.50 Å². The molecule has 2 heterocycles. The summed E-state index contributed by atoms with van der Waals surface area (Å²) in [5, 5.41) is 15.2. The average Bonchev–Trinajstić information content (AvgIpc) is 3.15. The van der Waals surface area contributed by atoms with E-state index in [0.29, 0.717) is 20.9 Å². The van der Waals surface area contributed by atoms with Crippen molar-refractivity contribution in [2.75, 3.05) is 0 Å². The number of rotatable bonds is 3. The number of nitrogens with zero attached hydrogens (tertiary/aromatic N) is 4. The Kier molecular flexibility index (Phi) is 3.81. The molecule has 0 aliphatic carbocycles. The molecule has 0 spiro atoms. The summed E-state index contributed by atoms with van der Waals surface area (Å²) in [5.74, 6) is 0.499. The van der Waals surface area contributed by atoms with E-state index < -0.39 is 4.92 Å². The van der Waals surface area contributed by atoms with Gasteiger partial charge in [0.05, 0.1) is 9.46 Å². The third-order valence-corrected chi connectivity index (χ3v) is 4.80. The fraction of sp³-hybridized carbons (Fsp3) is 0.0556. The van der Waals surface area contributed by atoms with Gasteiger partial charge in [-0.05, 0) is 24.6 Å². The second-order valence-electron chi connectivity index (χ2n) is 5.77. The molecule has 7 nitrogen and oxygen atoms in total. The molecule has 4 rings (SSSR count). The van der Waals surface area contributed by atoms with E-state index in [-0.39, 0.29) is 11.2 Å². The lowest BCUT2D eigenvalue weighted by Gasteiger charge is -1.95. The van der Waals surface area contributed by atoms with Crippen molar-refractivity contribution in [2.45, 2.75) is 6.92 Å². The van der Waals surface area contributed by atoms with Crippen molar-refractivity contribution in [3.8, 4) is 11.4 Å². The maximum atomic E-state index is 12.6. The largest absolute Gasteiger partial charge is 0.291 e. The van der Waals surface area contributed by atoms with Crippen LogP contribution in [0.5, 0.6) is 0 Å². The number of benzene rings is 2. The smallest absolute Gasteiger partial charge is 0.266 e. The zero-order valence-corrected chi connectivity index (χ0v) is 14.4. The van der Waals surface area contributed by atoms with Crippen molar-refractivity contribution in [1.82, 2.24) is 14.6 Å². The molecule has 0 bridgehead atoms. The van der Waals surface area contributed by atoms with Crippen LogP contribution in [-0.4, -0.2) is 19.5 Å². The number of fused-ring (bicyclic) bond motifs is 1. The highest BCUT2D eigenvalue weighted by molar-refractivity contribution is 7.15. The minimum absolute atomic E-state index is 0.0209. The van der Waals surface area contributed by atoms with E-state index in [1.807, 2.05) is 31.2 Å². The van der Waals surface area contributed by atoms with Crippen molar-refractivity contribution in [3.63, 3.8) is 0 Å². The first kappa shape index (κ1) is 16.1. The number of aryl methyl sites for hydroxylation is 1. The SMILES string of the molecule is Cc1cccc(-c2nc3s/c(=C\c4cccc([N+](=O)[O-])c4)c(=O)n3n2)c1. The first-order valence-corrected chi connectivity index (χ1v) is 8.56. The number of hydrogen-bond donors (Lipinski definition) is 0. The molecular formula is C18H12N4O3S. The van der Waals surface area contributed by atoms with Gasteiger partial charge < -0.3 is 0 Å². The second-order valence-corrected chi connectivity index (χ2v) is 6.78. The topological polar surface area (TPSA) is 90.4 Å². The number of nitro groups is 1. The van der Waals surface area contributed by atoms with Gasteiger partial charge in [-0.15, -0.1) is 5.10 Å². The predicted octanol–water partition coefficient (Wildman–Crippen LogP) is 2.58. The van der Waals surface area contributed by atoms with Gasteiger partial charge in [-0.25, -0.2) is 0 Å². The van der Waals surface area contributed by atoms with E-state index in [0.717, 1.165) is 11.1 Å². The molecule has 0 unspecified atom stereocenters. The molecule has 0 fully saturated rings. The van der Waals surface area contributed by atoms with Crippen molar-refractivity contribution in [3.05, 3.63) is 84.7 Å².